The number of aromatic nitrogens is 5. The fraction of sp³-hybridized carbons (Fsp3) is 0.526. The van der Waals surface area contributed by atoms with Gasteiger partial charge in [-0.3, -0.25) is 4.79 Å². The largest absolute Gasteiger partial charge is 0.351 e. The van der Waals surface area contributed by atoms with Crippen LogP contribution in [-0.4, -0.2) is 43.6 Å². The zero-order valence-electron chi connectivity index (χ0n) is 17.0. The molecule has 0 saturated heterocycles. The molecule has 3 aromatic rings. The lowest BCUT2D eigenvalue weighted by atomic mass is 10.0. The predicted octanol–water partition coefficient (Wildman–Crippen LogP) is 3.54. The lowest BCUT2D eigenvalue weighted by Crippen LogP contribution is -2.19. The van der Waals surface area contributed by atoms with Crippen LogP contribution in [-0.2, 0) is 22.4 Å². The second kappa shape index (κ2) is 10.3. The molecule has 1 aliphatic rings. The summed E-state index contributed by atoms with van der Waals surface area (Å²) < 4.78 is 0. The summed E-state index contributed by atoms with van der Waals surface area (Å²) >= 11 is 4.45. The van der Waals surface area contributed by atoms with Crippen LogP contribution in [0.1, 0.15) is 54.2 Å². The van der Waals surface area contributed by atoms with Crippen molar-refractivity contribution < 1.29 is 9.59 Å². The van der Waals surface area contributed by atoms with Crippen molar-refractivity contribution in [1.29, 1.82) is 0 Å². The summed E-state index contributed by atoms with van der Waals surface area (Å²) in [5.41, 5.74) is 2.47. The molecule has 0 aliphatic heterocycles. The van der Waals surface area contributed by atoms with Crippen LogP contribution in [0, 0.1) is 5.92 Å². The lowest BCUT2D eigenvalue weighted by molar-refractivity contribution is -0.115. The predicted molar refractivity (Wildman–Crippen MR) is 122 cm³/mol. The van der Waals surface area contributed by atoms with Gasteiger partial charge in [-0.25, -0.2) is 4.98 Å². The number of hydrogen-bond donors (Lipinski definition) is 2. The smallest absolute Gasteiger partial charge is 0.232 e. The van der Waals surface area contributed by atoms with Gasteiger partial charge in [-0.1, -0.05) is 29.6 Å². The average Bonchev–Trinajstić information content (AvgIpc) is 3.55. The molecule has 3 atom stereocenters. The third-order valence-electron chi connectivity index (χ3n) is 5.25. The molecule has 0 radical (unpaired) electrons. The molecule has 0 unspecified atom stereocenters. The van der Waals surface area contributed by atoms with Gasteiger partial charge in [0.05, 0.1) is 23.7 Å². The molecule has 0 aromatic carbocycles. The highest BCUT2D eigenvalue weighted by atomic mass is 32.1. The van der Waals surface area contributed by atoms with Crippen LogP contribution in [0.5, 0.6) is 0 Å². The number of anilines is 2. The molecule has 164 valence electrons. The second-order valence-corrected chi connectivity index (χ2v) is 10.3. The minimum atomic E-state index is -0.217. The average molecular weight is 478 g/mol. The second-order valence-electron chi connectivity index (χ2n) is 7.53. The minimum absolute atomic E-state index is 0.130. The number of nitrogens with zero attached hydrogens (tertiary/aromatic N) is 5. The number of carbonyl (C=O) groups is 2. The van der Waals surface area contributed by atoms with E-state index in [4.69, 9.17) is 0 Å². The standard InChI is InChI=1S/C19H23N7O2S3/c1-2-13(8-27)21-18-26-24-17(31-18)12-4-3-11(5-12)6-16-23-25-19(30-16)22-15(28)7-14-9-29-10-20-14/h8-13H,2-7H2,1H3,(H,21,26)(H,22,25,28)/t11-,12+,13-/m0/s1. The van der Waals surface area contributed by atoms with Crippen molar-refractivity contribution in [3.8, 4) is 0 Å². The van der Waals surface area contributed by atoms with Gasteiger partial charge in [-0.2, -0.15) is 0 Å². The van der Waals surface area contributed by atoms with E-state index < -0.39 is 0 Å². The van der Waals surface area contributed by atoms with Crippen molar-refractivity contribution >= 4 is 56.5 Å². The Morgan fingerprint density at radius 1 is 1.23 bits per heavy atom. The molecule has 0 spiro atoms. The van der Waals surface area contributed by atoms with Crippen LogP contribution in [0.15, 0.2) is 10.9 Å². The molecule has 4 rings (SSSR count). The van der Waals surface area contributed by atoms with E-state index in [1.165, 1.54) is 22.7 Å². The fourth-order valence-corrected chi connectivity index (χ4v) is 6.00. The van der Waals surface area contributed by atoms with Crippen molar-refractivity contribution in [1.82, 2.24) is 25.4 Å². The zero-order valence-corrected chi connectivity index (χ0v) is 19.4. The number of aldehydes is 1. The van der Waals surface area contributed by atoms with Crippen molar-refractivity contribution in [3.05, 3.63) is 26.6 Å². The molecule has 12 heteroatoms. The SMILES string of the molecule is CC[C@@H](C=O)Nc1nnc([C@@H]2CC[C@H](Cc3nnc(NC(=O)Cc4cscn4)s3)C2)s1. The summed E-state index contributed by atoms with van der Waals surface area (Å²) in [5, 5.41) is 27.9. The first-order chi connectivity index (χ1) is 15.1. The van der Waals surface area contributed by atoms with E-state index in [2.05, 4.69) is 36.0 Å². The van der Waals surface area contributed by atoms with E-state index in [1.807, 2.05) is 12.3 Å². The molecule has 0 bridgehead atoms. The number of nitrogens with one attached hydrogen (secondary N) is 2. The summed E-state index contributed by atoms with van der Waals surface area (Å²) in [5.74, 6) is 0.768. The topological polar surface area (TPSA) is 123 Å². The van der Waals surface area contributed by atoms with Gasteiger partial charge in [0.15, 0.2) is 0 Å². The van der Waals surface area contributed by atoms with E-state index in [9.17, 15) is 9.59 Å². The third kappa shape index (κ3) is 5.89. The molecule has 9 nitrogen and oxygen atoms in total. The van der Waals surface area contributed by atoms with Gasteiger partial charge in [0, 0.05) is 17.7 Å². The quantitative estimate of drug-likeness (QED) is 0.425. The molecule has 2 N–H and O–H groups in total. The van der Waals surface area contributed by atoms with Crippen LogP contribution < -0.4 is 10.6 Å². The van der Waals surface area contributed by atoms with E-state index >= 15 is 0 Å². The Bertz CT molecular complexity index is 1000. The highest BCUT2D eigenvalue weighted by Crippen LogP contribution is 2.41. The van der Waals surface area contributed by atoms with Crippen molar-refractivity contribution in [2.24, 2.45) is 5.92 Å². The molecule has 3 heterocycles. The van der Waals surface area contributed by atoms with Gasteiger partial charge in [-0.15, -0.1) is 31.7 Å². The highest BCUT2D eigenvalue weighted by Gasteiger charge is 2.29. The molecule has 31 heavy (non-hydrogen) atoms. The van der Waals surface area contributed by atoms with Crippen LogP contribution in [0.2, 0.25) is 0 Å². The summed E-state index contributed by atoms with van der Waals surface area (Å²) in [6, 6.07) is -0.217. The van der Waals surface area contributed by atoms with Gasteiger partial charge in [0.1, 0.15) is 16.3 Å². The monoisotopic (exact) mass is 477 g/mol. The maximum Gasteiger partial charge on any atom is 0.232 e. The van der Waals surface area contributed by atoms with Crippen molar-refractivity contribution in [3.63, 3.8) is 0 Å². The minimum Gasteiger partial charge on any atom is -0.351 e. The van der Waals surface area contributed by atoms with Crippen molar-refractivity contribution in [2.75, 3.05) is 10.6 Å². The zero-order chi connectivity index (χ0) is 21.6. The van der Waals surface area contributed by atoms with Crippen molar-refractivity contribution in [2.45, 2.75) is 57.4 Å². The number of hydrogen-bond acceptors (Lipinski definition) is 11. The molecule has 1 amide bonds. The summed E-state index contributed by atoms with van der Waals surface area (Å²) in [7, 11) is 0. The normalized spacial score (nSPS) is 19.3. The Morgan fingerprint density at radius 3 is 2.87 bits per heavy atom. The highest BCUT2D eigenvalue weighted by molar-refractivity contribution is 7.15. The third-order valence-corrected chi connectivity index (χ3v) is 7.76. The van der Waals surface area contributed by atoms with E-state index in [0.717, 1.165) is 54.1 Å². The summed E-state index contributed by atoms with van der Waals surface area (Å²) in [6.45, 7) is 1.96. The Hall–Kier alpha value is -2.31. The molecule has 1 aliphatic carbocycles. The van der Waals surface area contributed by atoms with E-state index in [-0.39, 0.29) is 18.4 Å². The molecular weight excluding hydrogens is 454 g/mol. The van der Waals surface area contributed by atoms with Gasteiger partial charge in [-0.05, 0) is 31.6 Å². The number of carbonyl (C=O) groups excluding carboxylic acids is 2. The number of thiazole rings is 1. The van der Waals surface area contributed by atoms with E-state index in [0.29, 0.717) is 22.1 Å². The Balaban J connectivity index is 1.26. The van der Waals surface area contributed by atoms with Gasteiger partial charge in [0.25, 0.3) is 0 Å². The molecule has 3 aromatic heterocycles. The van der Waals surface area contributed by atoms with Gasteiger partial charge in [0.2, 0.25) is 16.2 Å². The first-order valence-corrected chi connectivity index (χ1v) is 12.7. The van der Waals surface area contributed by atoms with E-state index in [1.54, 1.807) is 16.8 Å². The lowest BCUT2D eigenvalue weighted by Gasteiger charge is -2.08. The van der Waals surface area contributed by atoms with Crippen LogP contribution in [0.4, 0.5) is 10.3 Å². The Morgan fingerprint density at radius 2 is 2.10 bits per heavy atom. The summed E-state index contributed by atoms with van der Waals surface area (Å²) in [4.78, 5) is 27.2. The van der Waals surface area contributed by atoms with Gasteiger partial charge < -0.3 is 15.4 Å². The Labute approximate surface area is 191 Å². The number of amides is 1. The molecule has 1 saturated carbocycles. The fourth-order valence-electron chi connectivity index (χ4n) is 3.62. The first kappa shape index (κ1) is 21.9. The maximum atomic E-state index is 12.1. The first-order valence-electron chi connectivity index (χ1n) is 10.2. The maximum absolute atomic E-state index is 12.1. The summed E-state index contributed by atoms with van der Waals surface area (Å²) in [6.07, 6.45) is 5.93. The Kier molecular flexibility index (Phi) is 7.30. The van der Waals surface area contributed by atoms with Crippen LogP contribution >= 0.6 is 34.0 Å². The van der Waals surface area contributed by atoms with Crippen LogP contribution in [0.25, 0.3) is 0 Å². The number of rotatable bonds is 10. The van der Waals surface area contributed by atoms with Crippen LogP contribution in [0.3, 0.4) is 0 Å². The van der Waals surface area contributed by atoms with Gasteiger partial charge >= 0.3 is 0 Å². The molecule has 1 fully saturated rings. The molecular formula is C19H23N7O2S3.